The van der Waals surface area contributed by atoms with E-state index in [4.69, 9.17) is 4.74 Å². The number of aromatic nitrogens is 1. The maximum atomic E-state index is 12.0. The average Bonchev–Trinajstić information content (AvgIpc) is 2.37. The highest BCUT2D eigenvalue weighted by molar-refractivity contribution is 5.96. The van der Waals surface area contributed by atoms with E-state index in [9.17, 15) is 14.7 Å². The van der Waals surface area contributed by atoms with Crippen molar-refractivity contribution < 1.29 is 19.4 Å². The van der Waals surface area contributed by atoms with Crippen molar-refractivity contribution in [2.45, 2.75) is 19.4 Å². The molecule has 0 aromatic carbocycles. The van der Waals surface area contributed by atoms with Crippen LogP contribution < -0.4 is 4.90 Å². The largest absolute Gasteiger partial charge is 0.480 e. The van der Waals surface area contributed by atoms with Gasteiger partial charge in [-0.3, -0.25) is 0 Å². The van der Waals surface area contributed by atoms with E-state index in [1.807, 2.05) is 0 Å². The van der Waals surface area contributed by atoms with Crippen LogP contribution in [0.2, 0.25) is 0 Å². The molecule has 0 fully saturated rings. The highest BCUT2D eigenvalue weighted by Gasteiger charge is 2.40. The second-order valence-corrected chi connectivity index (χ2v) is 4.25. The summed E-state index contributed by atoms with van der Waals surface area (Å²) in [6.07, 6.45) is 2.09. The summed E-state index contributed by atoms with van der Waals surface area (Å²) >= 11 is 0. The normalized spacial score (nSPS) is 10.6. The van der Waals surface area contributed by atoms with E-state index in [0.29, 0.717) is 0 Å². The molecule has 1 N–H and O–H groups in total. The SMILES string of the molecule is C=CCOC(=O)N(c1ccccn1)C(C)(C)C(=O)O. The lowest BCUT2D eigenvalue weighted by Crippen LogP contribution is -2.54. The van der Waals surface area contributed by atoms with Gasteiger partial charge in [-0.15, -0.1) is 0 Å². The van der Waals surface area contributed by atoms with Gasteiger partial charge in [-0.05, 0) is 26.0 Å². The van der Waals surface area contributed by atoms with E-state index in [1.54, 1.807) is 18.2 Å². The van der Waals surface area contributed by atoms with Crippen LogP contribution in [0.1, 0.15) is 13.8 Å². The van der Waals surface area contributed by atoms with Gasteiger partial charge in [0.2, 0.25) is 0 Å². The molecular weight excluding hydrogens is 248 g/mol. The van der Waals surface area contributed by atoms with Gasteiger partial charge in [0.05, 0.1) is 0 Å². The van der Waals surface area contributed by atoms with Crippen molar-refractivity contribution in [1.29, 1.82) is 0 Å². The zero-order chi connectivity index (χ0) is 14.5. The van der Waals surface area contributed by atoms with Gasteiger partial charge in [-0.25, -0.2) is 19.5 Å². The molecule has 102 valence electrons. The van der Waals surface area contributed by atoms with Gasteiger partial charge >= 0.3 is 12.1 Å². The fraction of sp³-hybridized carbons (Fsp3) is 0.308. The Morgan fingerprint density at radius 3 is 2.68 bits per heavy atom. The average molecular weight is 264 g/mol. The van der Waals surface area contributed by atoms with Crippen LogP contribution in [0.5, 0.6) is 0 Å². The van der Waals surface area contributed by atoms with Crippen LogP contribution >= 0.6 is 0 Å². The molecule has 1 aromatic rings. The first-order valence-electron chi connectivity index (χ1n) is 5.63. The molecule has 0 atom stereocenters. The zero-order valence-electron chi connectivity index (χ0n) is 10.9. The minimum atomic E-state index is -1.48. The Morgan fingerprint density at radius 1 is 1.53 bits per heavy atom. The zero-order valence-corrected chi connectivity index (χ0v) is 10.9. The third kappa shape index (κ3) is 3.31. The van der Waals surface area contributed by atoms with Gasteiger partial charge in [0.25, 0.3) is 0 Å². The van der Waals surface area contributed by atoms with E-state index in [0.717, 1.165) is 4.90 Å². The number of pyridine rings is 1. The topological polar surface area (TPSA) is 79.7 Å². The molecule has 1 heterocycles. The molecule has 0 radical (unpaired) electrons. The van der Waals surface area contributed by atoms with Crippen LogP contribution in [0.15, 0.2) is 37.1 Å². The summed E-state index contributed by atoms with van der Waals surface area (Å²) in [5.41, 5.74) is -1.48. The maximum Gasteiger partial charge on any atom is 0.416 e. The fourth-order valence-electron chi connectivity index (χ4n) is 1.38. The number of rotatable bonds is 5. The fourth-order valence-corrected chi connectivity index (χ4v) is 1.38. The number of aliphatic carboxylic acids is 1. The summed E-state index contributed by atoms with van der Waals surface area (Å²) in [5, 5.41) is 9.25. The summed E-state index contributed by atoms with van der Waals surface area (Å²) < 4.78 is 4.91. The molecule has 0 aliphatic carbocycles. The molecule has 0 aliphatic heterocycles. The van der Waals surface area contributed by atoms with Gasteiger partial charge in [0.1, 0.15) is 18.0 Å². The number of carbonyl (C=O) groups is 2. The van der Waals surface area contributed by atoms with E-state index in [1.165, 1.54) is 26.1 Å². The Balaban J connectivity index is 3.15. The highest BCUT2D eigenvalue weighted by atomic mass is 16.6. The van der Waals surface area contributed by atoms with E-state index < -0.39 is 17.6 Å². The monoisotopic (exact) mass is 264 g/mol. The van der Waals surface area contributed by atoms with Crippen LogP contribution in [-0.2, 0) is 9.53 Å². The molecule has 0 bridgehead atoms. The maximum absolute atomic E-state index is 12.0. The lowest BCUT2D eigenvalue weighted by molar-refractivity contribution is -0.142. The van der Waals surface area contributed by atoms with E-state index >= 15 is 0 Å². The second-order valence-electron chi connectivity index (χ2n) is 4.25. The minimum absolute atomic E-state index is 0.00212. The van der Waals surface area contributed by atoms with Gasteiger partial charge in [0, 0.05) is 6.20 Å². The summed E-state index contributed by atoms with van der Waals surface area (Å²) in [6, 6.07) is 4.87. The predicted octanol–water partition coefficient (Wildman–Crippen LogP) is 2.07. The number of nitrogens with zero attached hydrogens (tertiary/aromatic N) is 2. The number of ether oxygens (including phenoxy) is 1. The lowest BCUT2D eigenvalue weighted by atomic mass is 10.0. The number of carbonyl (C=O) groups excluding carboxylic acids is 1. The standard InChI is InChI=1S/C13H16N2O4/c1-4-9-19-12(18)15(13(2,3)11(16)17)10-7-5-6-8-14-10/h4-8H,1,9H2,2-3H3,(H,16,17). The van der Waals surface area contributed by atoms with Crippen molar-refractivity contribution >= 4 is 17.9 Å². The van der Waals surface area contributed by atoms with E-state index in [-0.39, 0.29) is 12.4 Å². The van der Waals surface area contributed by atoms with E-state index in [2.05, 4.69) is 11.6 Å². The van der Waals surface area contributed by atoms with Crippen molar-refractivity contribution in [1.82, 2.24) is 4.98 Å². The van der Waals surface area contributed by atoms with Crippen molar-refractivity contribution in [3.63, 3.8) is 0 Å². The van der Waals surface area contributed by atoms with Crippen LogP contribution in [0.4, 0.5) is 10.6 Å². The molecule has 6 nitrogen and oxygen atoms in total. The van der Waals surface area contributed by atoms with Gasteiger partial charge < -0.3 is 9.84 Å². The first-order chi connectivity index (χ1) is 8.91. The molecule has 1 aromatic heterocycles. The molecule has 1 rings (SSSR count). The number of hydrogen-bond donors (Lipinski definition) is 1. The second kappa shape index (κ2) is 5.99. The summed E-state index contributed by atoms with van der Waals surface area (Å²) in [7, 11) is 0. The Kier molecular flexibility index (Phi) is 4.63. The molecule has 19 heavy (non-hydrogen) atoms. The molecular formula is C13H16N2O4. The van der Waals surface area contributed by atoms with Gasteiger partial charge in [0.15, 0.2) is 0 Å². The predicted molar refractivity (Wildman–Crippen MR) is 70.0 cm³/mol. The number of anilines is 1. The quantitative estimate of drug-likeness (QED) is 0.823. The summed E-state index contributed by atoms with van der Waals surface area (Å²) in [6.45, 7) is 6.24. The highest BCUT2D eigenvalue weighted by Crippen LogP contribution is 2.23. The minimum Gasteiger partial charge on any atom is -0.480 e. The first kappa shape index (κ1) is 14.7. The molecule has 6 heteroatoms. The Morgan fingerprint density at radius 2 is 2.21 bits per heavy atom. The van der Waals surface area contributed by atoms with Gasteiger partial charge in [-0.1, -0.05) is 18.7 Å². The van der Waals surface area contributed by atoms with Gasteiger partial charge in [-0.2, -0.15) is 0 Å². The molecule has 0 saturated carbocycles. The van der Waals surface area contributed by atoms with Crippen LogP contribution in [0.25, 0.3) is 0 Å². The molecule has 1 amide bonds. The van der Waals surface area contributed by atoms with Crippen molar-refractivity contribution in [3.05, 3.63) is 37.1 Å². The molecule has 0 saturated heterocycles. The van der Waals surface area contributed by atoms with Crippen LogP contribution in [0, 0.1) is 0 Å². The molecule has 0 spiro atoms. The Bertz CT molecular complexity index is 471. The lowest BCUT2D eigenvalue weighted by Gasteiger charge is -2.32. The van der Waals surface area contributed by atoms with Crippen molar-refractivity contribution in [3.8, 4) is 0 Å². The number of amides is 1. The molecule has 0 unspecified atom stereocenters. The van der Waals surface area contributed by atoms with Crippen molar-refractivity contribution in [2.75, 3.05) is 11.5 Å². The van der Waals surface area contributed by atoms with Crippen molar-refractivity contribution in [2.24, 2.45) is 0 Å². The third-order valence-corrected chi connectivity index (χ3v) is 2.47. The number of carboxylic acid groups (broad SMARTS) is 1. The Labute approximate surface area is 111 Å². The van der Waals surface area contributed by atoms with Crippen LogP contribution in [0.3, 0.4) is 0 Å². The first-order valence-corrected chi connectivity index (χ1v) is 5.63. The number of hydrogen-bond acceptors (Lipinski definition) is 4. The third-order valence-electron chi connectivity index (χ3n) is 2.47. The van der Waals surface area contributed by atoms with Crippen LogP contribution in [-0.4, -0.2) is 34.3 Å². The number of carboxylic acids is 1. The summed E-state index contributed by atoms with van der Waals surface area (Å²) in [4.78, 5) is 28.3. The summed E-state index contributed by atoms with van der Waals surface area (Å²) in [5.74, 6) is -0.947. The molecule has 0 aliphatic rings. The smallest absolute Gasteiger partial charge is 0.416 e. The Hall–Kier alpha value is -2.37.